The molecule has 7 heteroatoms. The molecule has 0 aromatic rings. The van der Waals surface area contributed by atoms with Crippen LogP contribution in [0.25, 0.3) is 0 Å². The van der Waals surface area contributed by atoms with Crippen molar-refractivity contribution in [2.45, 2.75) is 39.5 Å². The third-order valence-electron chi connectivity index (χ3n) is 1.12. The third-order valence-corrected chi connectivity index (χ3v) is 1.12. The molecule has 0 rings (SSSR count). The molecule has 0 aromatic carbocycles. The van der Waals surface area contributed by atoms with Crippen LogP contribution >= 0.6 is 7.82 Å². The van der Waals surface area contributed by atoms with E-state index < -0.39 is 7.82 Å². The molecule has 7 N–H and O–H groups in total. The molecule has 0 saturated carbocycles. The number of hydrogen-bond donors (Lipinski definition) is 5. The van der Waals surface area contributed by atoms with Gasteiger partial charge in [-0.05, 0) is 25.9 Å². The molecule has 0 saturated heterocycles. The summed E-state index contributed by atoms with van der Waals surface area (Å²) in [7, 11) is -4.64. The van der Waals surface area contributed by atoms with Crippen LogP contribution < -0.4 is 11.5 Å². The van der Waals surface area contributed by atoms with Crippen molar-refractivity contribution >= 4 is 7.82 Å². The van der Waals surface area contributed by atoms with Crippen LogP contribution in [0.15, 0.2) is 0 Å². The Balaban J connectivity index is -0.000000144. The molecule has 0 heterocycles. The predicted molar refractivity (Wildman–Crippen MR) is 62.2 cm³/mol. The smallest absolute Gasteiger partial charge is 0.330 e. The van der Waals surface area contributed by atoms with Crippen LogP contribution in [-0.4, -0.2) is 27.8 Å². The van der Waals surface area contributed by atoms with Crippen LogP contribution in [0.3, 0.4) is 0 Å². The highest BCUT2D eigenvalue weighted by atomic mass is 31.2. The van der Waals surface area contributed by atoms with Crippen LogP contribution in [0.5, 0.6) is 0 Å². The lowest BCUT2D eigenvalue weighted by atomic mass is 10.3. The largest absolute Gasteiger partial charge is 0.466 e. The Kier molecular flexibility index (Phi) is 22.4. The highest BCUT2D eigenvalue weighted by Gasteiger charge is 2.00. The molecule has 0 amide bonds. The lowest BCUT2D eigenvalue weighted by Crippen LogP contribution is -1.95. The van der Waals surface area contributed by atoms with Crippen LogP contribution in [-0.2, 0) is 4.57 Å². The van der Waals surface area contributed by atoms with Gasteiger partial charge in [0.2, 0.25) is 0 Å². The minimum absolute atomic E-state index is 0.844. The molecule has 0 unspecified atom stereocenters. The van der Waals surface area contributed by atoms with Crippen molar-refractivity contribution in [3.8, 4) is 0 Å². The van der Waals surface area contributed by atoms with E-state index in [-0.39, 0.29) is 0 Å². The van der Waals surface area contributed by atoms with Crippen molar-refractivity contribution in [2.75, 3.05) is 13.1 Å². The summed E-state index contributed by atoms with van der Waals surface area (Å²) in [4.78, 5) is 21.6. The quantitative estimate of drug-likeness (QED) is 0.459. The van der Waals surface area contributed by atoms with Crippen molar-refractivity contribution in [3.63, 3.8) is 0 Å². The fourth-order valence-electron chi connectivity index (χ4n) is 0.408. The third kappa shape index (κ3) is 125. The molecule has 0 fully saturated rings. The minimum Gasteiger partial charge on any atom is -0.330 e. The Morgan fingerprint density at radius 1 is 0.933 bits per heavy atom. The maximum Gasteiger partial charge on any atom is 0.466 e. The van der Waals surface area contributed by atoms with Gasteiger partial charge in [-0.25, -0.2) is 4.57 Å². The van der Waals surface area contributed by atoms with E-state index in [0.717, 1.165) is 13.1 Å². The first kappa shape index (κ1) is 20.4. The predicted octanol–water partition coefficient (Wildman–Crippen LogP) is 0.562. The summed E-state index contributed by atoms with van der Waals surface area (Å²) < 4.78 is 8.88. The van der Waals surface area contributed by atoms with E-state index in [4.69, 9.17) is 30.7 Å². The van der Waals surface area contributed by atoms with Gasteiger partial charge in [0.05, 0.1) is 0 Å². The number of phosphoric acid groups is 1. The monoisotopic (exact) mass is 244 g/mol. The fourth-order valence-corrected chi connectivity index (χ4v) is 0.408. The van der Waals surface area contributed by atoms with Gasteiger partial charge in [-0.15, -0.1) is 0 Å². The standard InChI is InChI=1S/2C4H11N.H3O4P/c2*1-2-3-4-5;1-5(2,3)4/h2*2-5H2,1H3;(H3,1,2,3,4). The van der Waals surface area contributed by atoms with Gasteiger partial charge in [0.15, 0.2) is 0 Å². The molecule has 0 aliphatic rings. The van der Waals surface area contributed by atoms with Gasteiger partial charge in [0.1, 0.15) is 0 Å². The lowest BCUT2D eigenvalue weighted by molar-refractivity contribution is 0.275. The van der Waals surface area contributed by atoms with Crippen molar-refractivity contribution in [1.82, 2.24) is 0 Å². The zero-order chi connectivity index (χ0) is 12.7. The molecule has 6 nitrogen and oxygen atoms in total. The first-order chi connectivity index (χ1) is 6.83. The molecule has 15 heavy (non-hydrogen) atoms. The average molecular weight is 244 g/mol. The van der Waals surface area contributed by atoms with E-state index in [9.17, 15) is 0 Å². The lowest BCUT2D eigenvalue weighted by Gasteiger charge is -1.82. The maximum atomic E-state index is 8.88. The van der Waals surface area contributed by atoms with Crippen LogP contribution in [0.4, 0.5) is 0 Å². The molecule has 0 aliphatic heterocycles. The molecule has 0 aromatic heterocycles. The summed E-state index contributed by atoms with van der Waals surface area (Å²) >= 11 is 0. The Bertz CT molecular complexity index is 122. The van der Waals surface area contributed by atoms with Crippen molar-refractivity contribution < 1.29 is 19.2 Å². The van der Waals surface area contributed by atoms with E-state index in [1.54, 1.807) is 0 Å². The number of rotatable bonds is 4. The van der Waals surface area contributed by atoms with Gasteiger partial charge in [0.25, 0.3) is 0 Å². The summed E-state index contributed by atoms with van der Waals surface area (Å²) in [6.07, 6.45) is 4.77. The number of unbranched alkanes of at least 4 members (excludes halogenated alkanes) is 2. The fraction of sp³-hybridized carbons (Fsp3) is 1.00. The second kappa shape index (κ2) is 16.5. The Labute approximate surface area is 91.9 Å². The molecular weight excluding hydrogens is 219 g/mol. The van der Waals surface area contributed by atoms with Crippen LogP contribution in [0.1, 0.15) is 39.5 Å². The van der Waals surface area contributed by atoms with E-state index >= 15 is 0 Å². The van der Waals surface area contributed by atoms with E-state index in [1.807, 2.05) is 0 Å². The Morgan fingerprint density at radius 3 is 1.13 bits per heavy atom. The zero-order valence-corrected chi connectivity index (χ0v) is 10.5. The Morgan fingerprint density at radius 2 is 1.13 bits per heavy atom. The summed E-state index contributed by atoms with van der Waals surface area (Å²) in [6.45, 7) is 5.95. The topological polar surface area (TPSA) is 130 Å². The first-order valence-electron chi connectivity index (χ1n) is 5.01. The van der Waals surface area contributed by atoms with Gasteiger partial charge in [-0.2, -0.15) is 0 Å². The molecule has 0 atom stereocenters. The van der Waals surface area contributed by atoms with Gasteiger partial charge in [-0.1, -0.05) is 26.7 Å². The Hall–Kier alpha value is 0.0300. The minimum atomic E-state index is -4.64. The van der Waals surface area contributed by atoms with Gasteiger partial charge in [0, 0.05) is 0 Å². The molecule has 96 valence electrons. The van der Waals surface area contributed by atoms with E-state index in [2.05, 4.69) is 13.8 Å². The second-order valence-corrected chi connectivity index (χ2v) is 3.82. The first-order valence-corrected chi connectivity index (χ1v) is 6.58. The van der Waals surface area contributed by atoms with Crippen LogP contribution in [0.2, 0.25) is 0 Å². The summed E-state index contributed by atoms with van der Waals surface area (Å²) in [6, 6.07) is 0. The molecule has 0 aliphatic carbocycles. The number of nitrogens with two attached hydrogens (primary N) is 2. The maximum absolute atomic E-state index is 8.88. The normalized spacial score (nSPS) is 9.53. The second-order valence-electron chi connectivity index (χ2n) is 2.80. The van der Waals surface area contributed by atoms with Gasteiger partial charge in [-0.3, -0.25) is 0 Å². The van der Waals surface area contributed by atoms with Crippen molar-refractivity contribution in [2.24, 2.45) is 11.5 Å². The van der Waals surface area contributed by atoms with Gasteiger partial charge < -0.3 is 26.1 Å². The highest BCUT2D eigenvalue weighted by molar-refractivity contribution is 7.45. The van der Waals surface area contributed by atoms with Gasteiger partial charge >= 0.3 is 7.82 Å². The highest BCUT2D eigenvalue weighted by Crippen LogP contribution is 2.25. The zero-order valence-electron chi connectivity index (χ0n) is 9.59. The van der Waals surface area contributed by atoms with Crippen molar-refractivity contribution in [3.05, 3.63) is 0 Å². The average Bonchev–Trinajstić information content (AvgIpc) is 2.05. The van der Waals surface area contributed by atoms with E-state index in [0.29, 0.717) is 0 Å². The molecule has 0 bridgehead atoms. The molecular formula is C8H25N2O4P. The van der Waals surface area contributed by atoms with E-state index in [1.165, 1.54) is 25.7 Å². The summed E-state index contributed by atoms with van der Waals surface area (Å²) in [5.74, 6) is 0. The molecule has 0 radical (unpaired) electrons. The molecule has 0 spiro atoms. The van der Waals surface area contributed by atoms with Crippen LogP contribution in [0, 0.1) is 0 Å². The summed E-state index contributed by atoms with van der Waals surface area (Å²) in [5.41, 5.74) is 10.3. The van der Waals surface area contributed by atoms with Crippen molar-refractivity contribution in [1.29, 1.82) is 0 Å². The summed E-state index contributed by atoms with van der Waals surface area (Å²) in [5, 5.41) is 0. The number of hydrogen-bond acceptors (Lipinski definition) is 3. The SMILES string of the molecule is CCCCN.CCCCN.O=P(O)(O)O.